The summed E-state index contributed by atoms with van der Waals surface area (Å²) in [5.74, 6) is 0.617. The molecule has 0 saturated carbocycles. The van der Waals surface area contributed by atoms with Crippen LogP contribution >= 0.6 is 11.6 Å². The summed E-state index contributed by atoms with van der Waals surface area (Å²) in [5, 5.41) is 12.2. The number of para-hydroxylation sites is 1. The van der Waals surface area contributed by atoms with Crippen LogP contribution in [-0.2, 0) is 0 Å². The van der Waals surface area contributed by atoms with Gasteiger partial charge in [-0.05, 0) is 12.1 Å². The highest BCUT2D eigenvalue weighted by Crippen LogP contribution is 2.33. The summed E-state index contributed by atoms with van der Waals surface area (Å²) in [6.45, 7) is 5.18. The molecule has 3 aliphatic heterocycles. The summed E-state index contributed by atoms with van der Waals surface area (Å²) in [6.07, 6.45) is -0.596. The lowest BCUT2D eigenvalue weighted by Crippen LogP contribution is -2.62. The zero-order valence-electron chi connectivity index (χ0n) is 11.1. The van der Waals surface area contributed by atoms with Crippen molar-refractivity contribution >= 4 is 22.6 Å². The second kappa shape index (κ2) is 4.74. The SMILES string of the molecule is OC(c1cc2cccc(Cl)c2o1)C1CN2CCN1CC2. The molecule has 5 heteroatoms. The summed E-state index contributed by atoms with van der Waals surface area (Å²) in [7, 11) is 0. The Morgan fingerprint density at radius 1 is 1.25 bits per heavy atom. The Morgan fingerprint density at radius 3 is 2.70 bits per heavy atom. The van der Waals surface area contributed by atoms with Gasteiger partial charge in [0.25, 0.3) is 0 Å². The molecule has 2 aromatic rings. The third-order valence-corrected chi connectivity index (χ3v) is 4.79. The van der Waals surface area contributed by atoms with Crippen molar-refractivity contribution in [3.8, 4) is 0 Å². The predicted octanol–water partition coefficient (Wildman–Crippen LogP) is 2.12. The topological polar surface area (TPSA) is 39.9 Å². The van der Waals surface area contributed by atoms with Crippen molar-refractivity contribution in [1.29, 1.82) is 0 Å². The summed E-state index contributed by atoms with van der Waals surface area (Å²) in [5.41, 5.74) is 0.666. The second-order valence-electron chi connectivity index (χ2n) is 5.66. The van der Waals surface area contributed by atoms with Gasteiger partial charge < -0.3 is 9.52 Å². The van der Waals surface area contributed by atoms with Crippen molar-refractivity contribution in [2.24, 2.45) is 0 Å². The molecule has 4 nitrogen and oxygen atoms in total. The lowest BCUT2D eigenvalue weighted by Gasteiger charge is -2.48. The van der Waals surface area contributed by atoms with Gasteiger partial charge in [-0.1, -0.05) is 23.7 Å². The minimum atomic E-state index is -0.596. The lowest BCUT2D eigenvalue weighted by atomic mass is 10.0. The van der Waals surface area contributed by atoms with Gasteiger partial charge in [-0.15, -0.1) is 0 Å². The zero-order chi connectivity index (χ0) is 13.7. The van der Waals surface area contributed by atoms with E-state index >= 15 is 0 Å². The molecule has 0 spiro atoms. The molecule has 106 valence electrons. The minimum absolute atomic E-state index is 0.122. The summed E-state index contributed by atoms with van der Waals surface area (Å²) in [4.78, 5) is 4.77. The normalized spacial score (nSPS) is 30.8. The van der Waals surface area contributed by atoms with Crippen LogP contribution in [0.5, 0.6) is 0 Å². The molecule has 3 saturated heterocycles. The van der Waals surface area contributed by atoms with E-state index in [1.54, 1.807) is 6.07 Å². The number of nitrogens with zero attached hydrogens (tertiary/aromatic N) is 2. The third-order valence-electron chi connectivity index (χ3n) is 4.49. The molecule has 3 fully saturated rings. The molecule has 1 N–H and O–H groups in total. The summed E-state index contributed by atoms with van der Waals surface area (Å²) < 4.78 is 5.79. The molecule has 3 aliphatic rings. The fourth-order valence-electron chi connectivity index (χ4n) is 3.34. The van der Waals surface area contributed by atoms with Crippen molar-refractivity contribution in [2.45, 2.75) is 12.1 Å². The first-order chi connectivity index (χ1) is 9.72. The number of furan rings is 1. The second-order valence-corrected chi connectivity index (χ2v) is 6.06. The molecule has 20 heavy (non-hydrogen) atoms. The van der Waals surface area contributed by atoms with E-state index in [1.807, 2.05) is 18.2 Å². The molecule has 1 aromatic carbocycles. The molecule has 0 aliphatic carbocycles. The number of fused-ring (bicyclic) bond motifs is 4. The number of benzene rings is 1. The largest absolute Gasteiger partial charge is 0.457 e. The molecule has 5 rings (SSSR count). The molecular weight excluding hydrogens is 276 g/mol. The Kier molecular flexibility index (Phi) is 3.00. The van der Waals surface area contributed by atoms with Gasteiger partial charge in [-0.2, -0.15) is 0 Å². The van der Waals surface area contributed by atoms with Crippen molar-refractivity contribution in [1.82, 2.24) is 9.80 Å². The molecule has 2 unspecified atom stereocenters. The Morgan fingerprint density at radius 2 is 2.05 bits per heavy atom. The first-order valence-corrected chi connectivity index (χ1v) is 7.42. The van der Waals surface area contributed by atoms with E-state index in [9.17, 15) is 5.11 Å². The van der Waals surface area contributed by atoms with Crippen LogP contribution in [0.1, 0.15) is 11.9 Å². The maximum absolute atomic E-state index is 10.7. The quantitative estimate of drug-likeness (QED) is 0.920. The van der Waals surface area contributed by atoms with Gasteiger partial charge in [0.05, 0.1) is 11.1 Å². The average molecular weight is 293 g/mol. The van der Waals surface area contributed by atoms with Crippen LogP contribution in [0.25, 0.3) is 11.0 Å². The van der Waals surface area contributed by atoms with E-state index in [-0.39, 0.29) is 6.04 Å². The van der Waals surface area contributed by atoms with Gasteiger partial charge in [0.15, 0.2) is 5.58 Å². The van der Waals surface area contributed by atoms with Gasteiger partial charge in [-0.3, -0.25) is 9.80 Å². The molecule has 1 aromatic heterocycles. The molecular formula is C15H17ClN2O2. The highest BCUT2D eigenvalue weighted by molar-refractivity contribution is 6.34. The highest BCUT2D eigenvalue weighted by Gasteiger charge is 2.37. The molecule has 0 amide bonds. The number of aliphatic hydroxyl groups is 1. The predicted molar refractivity (Wildman–Crippen MR) is 78.0 cm³/mol. The number of rotatable bonds is 2. The van der Waals surface area contributed by atoms with Gasteiger partial charge in [0.1, 0.15) is 11.9 Å². The van der Waals surface area contributed by atoms with Crippen LogP contribution in [0.4, 0.5) is 0 Å². The van der Waals surface area contributed by atoms with E-state index in [0.717, 1.165) is 38.1 Å². The standard InChI is InChI=1S/C15H17ClN2O2/c16-11-3-1-2-10-8-13(20-15(10)11)14(19)12-9-17-4-6-18(12)7-5-17/h1-3,8,12,14,19H,4-7,9H2. The van der Waals surface area contributed by atoms with Crippen LogP contribution < -0.4 is 0 Å². The van der Waals surface area contributed by atoms with Crippen LogP contribution in [0, 0.1) is 0 Å². The van der Waals surface area contributed by atoms with Crippen molar-refractivity contribution < 1.29 is 9.52 Å². The summed E-state index contributed by atoms with van der Waals surface area (Å²) in [6, 6.07) is 7.69. The summed E-state index contributed by atoms with van der Waals surface area (Å²) >= 11 is 6.13. The maximum Gasteiger partial charge on any atom is 0.152 e. The fourth-order valence-corrected chi connectivity index (χ4v) is 3.56. The van der Waals surface area contributed by atoms with Crippen molar-refractivity contribution in [3.05, 3.63) is 35.0 Å². The number of halogens is 1. The first kappa shape index (κ1) is 12.7. The van der Waals surface area contributed by atoms with E-state index < -0.39 is 6.10 Å². The van der Waals surface area contributed by atoms with Crippen molar-refractivity contribution in [2.75, 3.05) is 32.7 Å². The highest BCUT2D eigenvalue weighted by atomic mass is 35.5. The van der Waals surface area contributed by atoms with E-state index in [2.05, 4.69) is 9.80 Å². The zero-order valence-corrected chi connectivity index (χ0v) is 11.9. The van der Waals surface area contributed by atoms with E-state index in [0.29, 0.717) is 16.4 Å². The van der Waals surface area contributed by atoms with Crippen LogP contribution in [0.3, 0.4) is 0 Å². The average Bonchev–Trinajstić information content (AvgIpc) is 2.93. The molecule has 2 bridgehead atoms. The van der Waals surface area contributed by atoms with Gasteiger partial charge in [0, 0.05) is 38.1 Å². The monoisotopic (exact) mass is 292 g/mol. The molecule has 0 radical (unpaired) electrons. The van der Waals surface area contributed by atoms with Crippen LogP contribution in [0.2, 0.25) is 5.02 Å². The third kappa shape index (κ3) is 1.95. The van der Waals surface area contributed by atoms with Crippen LogP contribution in [-0.4, -0.2) is 53.7 Å². The van der Waals surface area contributed by atoms with Crippen LogP contribution in [0.15, 0.2) is 28.7 Å². The maximum atomic E-state index is 10.7. The number of hydrogen-bond acceptors (Lipinski definition) is 4. The lowest BCUT2D eigenvalue weighted by molar-refractivity contribution is -0.0528. The Bertz CT molecular complexity index is 634. The van der Waals surface area contributed by atoms with Gasteiger partial charge >= 0.3 is 0 Å². The Hall–Kier alpha value is -1.07. The molecule has 4 heterocycles. The Balaban J connectivity index is 1.66. The number of aliphatic hydroxyl groups excluding tert-OH is 1. The smallest absolute Gasteiger partial charge is 0.152 e. The fraction of sp³-hybridized carbons (Fsp3) is 0.467. The number of hydrogen-bond donors (Lipinski definition) is 1. The van der Waals surface area contributed by atoms with E-state index in [1.165, 1.54) is 0 Å². The first-order valence-electron chi connectivity index (χ1n) is 7.05. The van der Waals surface area contributed by atoms with Gasteiger partial charge in [-0.25, -0.2) is 0 Å². The van der Waals surface area contributed by atoms with Gasteiger partial charge in [0.2, 0.25) is 0 Å². The Labute approximate surface area is 122 Å². The van der Waals surface area contributed by atoms with E-state index in [4.69, 9.17) is 16.0 Å². The van der Waals surface area contributed by atoms with Crippen molar-refractivity contribution in [3.63, 3.8) is 0 Å². The molecule has 2 atom stereocenters. The number of piperazine rings is 3. The minimum Gasteiger partial charge on any atom is -0.457 e.